The Morgan fingerprint density at radius 3 is 2.22 bits per heavy atom. The van der Waals surface area contributed by atoms with Crippen LogP contribution in [0.1, 0.15) is 33.0 Å². The van der Waals surface area contributed by atoms with Gasteiger partial charge in [0.05, 0.1) is 11.1 Å². The number of benzene rings is 1. The molecule has 0 amide bonds. The van der Waals surface area contributed by atoms with Crippen LogP contribution in [-0.4, -0.2) is 5.78 Å². The molecule has 94 valence electrons. The van der Waals surface area contributed by atoms with Gasteiger partial charge in [0.15, 0.2) is 5.78 Å². The molecule has 1 aromatic carbocycles. The minimum absolute atomic E-state index is 0.171. The minimum atomic E-state index is -0.725. The van der Waals surface area contributed by atoms with E-state index in [1.165, 1.54) is 13.0 Å². The summed E-state index contributed by atoms with van der Waals surface area (Å²) in [6.07, 6.45) is 0. The summed E-state index contributed by atoms with van der Waals surface area (Å²) in [5, 5.41) is 0. The molecule has 0 aliphatic heterocycles. The molecule has 0 saturated carbocycles. The molecule has 2 nitrogen and oxygen atoms in total. The van der Waals surface area contributed by atoms with Crippen molar-refractivity contribution in [1.29, 1.82) is 0 Å². The zero-order valence-corrected chi connectivity index (χ0v) is 10.3. The fourth-order valence-corrected chi connectivity index (χ4v) is 1.82. The molecule has 2 aromatic rings. The van der Waals surface area contributed by atoms with Crippen molar-refractivity contribution >= 4 is 5.78 Å². The van der Waals surface area contributed by atoms with E-state index >= 15 is 0 Å². The van der Waals surface area contributed by atoms with Gasteiger partial charge in [-0.15, -0.1) is 0 Å². The Bertz CT molecular complexity index is 627. The fourth-order valence-electron chi connectivity index (χ4n) is 1.82. The Morgan fingerprint density at radius 2 is 1.67 bits per heavy atom. The van der Waals surface area contributed by atoms with Crippen LogP contribution in [0.4, 0.5) is 8.78 Å². The van der Waals surface area contributed by atoms with Crippen molar-refractivity contribution in [2.75, 3.05) is 0 Å². The Hall–Kier alpha value is -1.97. The number of hydrogen-bond donors (Lipinski definition) is 0. The van der Waals surface area contributed by atoms with Crippen LogP contribution in [0.15, 0.2) is 22.6 Å². The Balaban J connectivity index is 2.53. The van der Waals surface area contributed by atoms with Gasteiger partial charge in [0.2, 0.25) is 0 Å². The van der Waals surface area contributed by atoms with E-state index in [-0.39, 0.29) is 16.7 Å². The third-order valence-electron chi connectivity index (χ3n) is 2.78. The Labute approximate surface area is 103 Å². The number of ketones is 1. The van der Waals surface area contributed by atoms with Crippen molar-refractivity contribution in [3.8, 4) is 0 Å². The predicted octanol–water partition coefficient (Wildman–Crippen LogP) is 3.71. The van der Waals surface area contributed by atoms with E-state index in [4.69, 9.17) is 4.42 Å². The lowest BCUT2D eigenvalue weighted by atomic mass is 10.0. The molecule has 0 radical (unpaired) electrons. The molecule has 0 N–H and O–H groups in total. The number of carbonyl (C=O) groups excluding carboxylic acids is 1. The summed E-state index contributed by atoms with van der Waals surface area (Å²) in [5.74, 6) is -0.933. The van der Waals surface area contributed by atoms with Gasteiger partial charge in [-0.25, -0.2) is 8.78 Å². The fraction of sp³-hybridized carbons (Fsp3) is 0.214. The van der Waals surface area contributed by atoms with Crippen LogP contribution in [-0.2, 0) is 0 Å². The summed E-state index contributed by atoms with van der Waals surface area (Å²) in [6, 6.07) is 3.47. The first-order valence-corrected chi connectivity index (χ1v) is 5.47. The van der Waals surface area contributed by atoms with Crippen molar-refractivity contribution in [1.82, 2.24) is 0 Å². The van der Waals surface area contributed by atoms with Crippen molar-refractivity contribution in [2.45, 2.75) is 20.8 Å². The highest BCUT2D eigenvalue weighted by Gasteiger charge is 2.20. The first kappa shape index (κ1) is 12.5. The highest BCUT2D eigenvalue weighted by atomic mass is 19.1. The van der Waals surface area contributed by atoms with Gasteiger partial charge < -0.3 is 4.42 Å². The second-order valence-corrected chi connectivity index (χ2v) is 4.24. The first-order valence-electron chi connectivity index (χ1n) is 5.47. The molecule has 4 heteroatoms. The molecule has 0 atom stereocenters. The maximum atomic E-state index is 13.7. The molecule has 0 spiro atoms. The normalized spacial score (nSPS) is 10.7. The molecule has 1 heterocycles. The third-order valence-corrected chi connectivity index (χ3v) is 2.78. The Morgan fingerprint density at radius 1 is 1.00 bits per heavy atom. The van der Waals surface area contributed by atoms with Crippen LogP contribution < -0.4 is 0 Å². The van der Waals surface area contributed by atoms with Gasteiger partial charge in [-0.2, -0.15) is 0 Å². The molecule has 0 saturated heterocycles. The molecule has 0 fully saturated rings. The summed E-state index contributed by atoms with van der Waals surface area (Å²) < 4.78 is 32.3. The van der Waals surface area contributed by atoms with Crippen LogP contribution >= 0.6 is 0 Å². The number of rotatable bonds is 2. The van der Waals surface area contributed by atoms with E-state index in [1.54, 1.807) is 13.8 Å². The van der Waals surface area contributed by atoms with Crippen LogP contribution in [0.25, 0.3) is 0 Å². The first-order chi connectivity index (χ1) is 8.40. The van der Waals surface area contributed by atoms with Crippen LogP contribution in [0, 0.1) is 32.4 Å². The van der Waals surface area contributed by atoms with E-state index in [9.17, 15) is 13.6 Å². The highest BCUT2D eigenvalue weighted by molar-refractivity contribution is 6.09. The van der Waals surface area contributed by atoms with Crippen LogP contribution in [0.3, 0.4) is 0 Å². The van der Waals surface area contributed by atoms with E-state index in [0.29, 0.717) is 11.5 Å². The summed E-state index contributed by atoms with van der Waals surface area (Å²) >= 11 is 0. The van der Waals surface area contributed by atoms with Gasteiger partial charge in [-0.3, -0.25) is 4.79 Å². The molecule has 0 bridgehead atoms. The standard InChI is InChI=1S/C14H12F2O2/c1-7-4-13(16)11(6-12(7)15)14(17)10-5-8(2)18-9(10)3/h4-6H,1-3H3. The van der Waals surface area contributed by atoms with Gasteiger partial charge >= 0.3 is 0 Å². The number of halogens is 2. The maximum absolute atomic E-state index is 13.7. The summed E-state index contributed by atoms with van der Waals surface area (Å²) in [7, 11) is 0. The number of carbonyl (C=O) groups is 1. The number of aryl methyl sites for hydroxylation is 3. The third kappa shape index (κ3) is 2.06. The van der Waals surface area contributed by atoms with Crippen LogP contribution in [0.2, 0.25) is 0 Å². The Kier molecular flexibility index (Phi) is 3.03. The lowest BCUT2D eigenvalue weighted by molar-refractivity contribution is 0.103. The topological polar surface area (TPSA) is 30.2 Å². The van der Waals surface area contributed by atoms with Crippen molar-refractivity contribution in [2.24, 2.45) is 0 Å². The molecule has 0 aliphatic carbocycles. The van der Waals surface area contributed by atoms with Gasteiger partial charge in [-0.05, 0) is 44.5 Å². The van der Waals surface area contributed by atoms with Gasteiger partial charge in [0, 0.05) is 0 Å². The zero-order chi connectivity index (χ0) is 13.4. The highest BCUT2D eigenvalue weighted by Crippen LogP contribution is 2.21. The molecule has 1 aromatic heterocycles. The van der Waals surface area contributed by atoms with E-state index in [0.717, 1.165) is 12.1 Å². The predicted molar refractivity (Wildman–Crippen MR) is 62.7 cm³/mol. The van der Waals surface area contributed by atoms with E-state index in [1.807, 2.05) is 0 Å². The van der Waals surface area contributed by atoms with Crippen LogP contribution in [0.5, 0.6) is 0 Å². The molecular weight excluding hydrogens is 238 g/mol. The van der Waals surface area contributed by atoms with Gasteiger partial charge in [-0.1, -0.05) is 0 Å². The summed E-state index contributed by atoms with van der Waals surface area (Å²) in [5.41, 5.74) is 0.154. The second-order valence-electron chi connectivity index (χ2n) is 4.24. The minimum Gasteiger partial charge on any atom is -0.466 e. The molecule has 18 heavy (non-hydrogen) atoms. The molecule has 0 aliphatic rings. The van der Waals surface area contributed by atoms with Crippen molar-refractivity contribution in [3.05, 3.63) is 58.0 Å². The largest absolute Gasteiger partial charge is 0.466 e. The zero-order valence-electron chi connectivity index (χ0n) is 10.3. The number of hydrogen-bond acceptors (Lipinski definition) is 2. The average molecular weight is 250 g/mol. The van der Waals surface area contributed by atoms with Crippen molar-refractivity contribution in [3.63, 3.8) is 0 Å². The van der Waals surface area contributed by atoms with Crippen molar-refractivity contribution < 1.29 is 18.0 Å². The lowest BCUT2D eigenvalue weighted by Crippen LogP contribution is -2.06. The van der Waals surface area contributed by atoms with E-state index in [2.05, 4.69) is 0 Å². The van der Waals surface area contributed by atoms with Gasteiger partial charge in [0.25, 0.3) is 0 Å². The molecule has 0 unspecified atom stereocenters. The average Bonchev–Trinajstić information content (AvgIpc) is 2.62. The quantitative estimate of drug-likeness (QED) is 0.760. The summed E-state index contributed by atoms with van der Waals surface area (Å²) in [4.78, 5) is 12.1. The SMILES string of the molecule is Cc1cc(C(=O)c2cc(F)c(C)cc2F)c(C)o1. The monoisotopic (exact) mass is 250 g/mol. The maximum Gasteiger partial charge on any atom is 0.199 e. The second kappa shape index (κ2) is 4.37. The van der Waals surface area contributed by atoms with Gasteiger partial charge in [0.1, 0.15) is 23.2 Å². The number of furan rings is 1. The lowest BCUT2D eigenvalue weighted by Gasteiger charge is -2.04. The summed E-state index contributed by atoms with van der Waals surface area (Å²) in [6.45, 7) is 4.75. The smallest absolute Gasteiger partial charge is 0.199 e. The molecule has 2 rings (SSSR count). The van der Waals surface area contributed by atoms with E-state index < -0.39 is 17.4 Å². The molecular formula is C14H12F2O2.